The van der Waals surface area contributed by atoms with E-state index in [4.69, 9.17) is 4.74 Å². The predicted molar refractivity (Wildman–Crippen MR) is 53.0 cm³/mol. The van der Waals surface area contributed by atoms with Gasteiger partial charge in [0.1, 0.15) is 6.61 Å². The van der Waals surface area contributed by atoms with Crippen LogP contribution in [0.3, 0.4) is 0 Å². The van der Waals surface area contributed by atoms with Gasteiger partial charge in [-0.2, -0.15) is 0 Å². The lowest BCUT2D eigenvalue weighted by molar-refractivity contribution is 0.176. The number of benzene rings is 1. The molecule has 0 spiro atoms. The van der Waals surface area contributed by atoms with Gasteiger partial charge < -0.3 is 10.1 Å². The zero-order valence-corrected chi connectivity index (χ0v) is 7.90. The van der Waals surface area contributed by atoms with E-state index in [-0.39, 0.29) is 12.1 Å². The van der Waals surface area contributed by atoms with Crippen molar-refractivity contribution in [2.45, 2.75) is 18.9 Å². The number of nitrogens with one attached hydrogen (secondary N) is 1. The molecule has 0 saturated carbocycles. The fourth-order valence-electron chi connectivity index (χ4n) is 1.57. The van der Waals surface area contributed by atoms with Gasteiger partial charge in [-0.25, -0.2) is 4.79 Å². The van der Waals surface area contributed by atoms with Gasteiger partial charge in [-0.15, -0.1) is 0 Å². The number of cyclic esters (lactones) is 1. The number of ether oxygens (including phenoxy) is 1. The standard InChI is InChI=1S/C11H13NO2/c13-11-12-10(8-14-11)7-6-9-4-2-1-3-5-9/h1-5,10H,6-8H2,(H,12,13)/t10-/m1/s1. The second kappa shape index (κ2) is 4.13. The first-order chi connectivity index (χ1) is 6.84. The van der Waals surface area contributed by atoms with Crippen LogP contribution < -0.4 is 5.32 Å². The van der Waals surface area contributed by atoms with Crippen LogP contribution in [0.1, 0.15) is 12.0 Å². The molecule has 14 heavy (non-hydrogen) atoms. The highest BCUT2D eigenvalue weighted by atomic mass is 16.6. The molecule has 1 saturated heterocycles. The van der Waals surface area contributed by atoms with E-state index in [1.807, 2.05) is 18.2 Å². The minimum Gasteiger partial charge on any atom is -0.447 e. The SMILES string of the molecule is O=C1N[C@H](CCc2ccccc2)CO1. The Labute approximate surface area is 83.1 Å². The summed E-state index contributed by atoms with van der Waals surface area (Å²) in [5, 5.41) is 2.76. The minimum absolute atomic E-state index is 0.183. The molecule has 1 atom stereocenters. The normalized spacial score (nSPS) is 20.3. The van der Waals surface area contributed by atoms with Crippen molar-refractivity contribution in [2.75, 3.05) is 6.61 Å². The maximum Gasteiger partial charge on any atom is 0.407 e. The van der Waals surface area contributed by atoms with E-state index in [2.05, 4.69) is 17.4 Å². The second-order valence-electron chi connectivity index (χ2n) is 3.46. The van der Waals surface area contributed by atoms with Crippen LogP contribution in [-0.2, 0) is 11.2 Å². The van der Waals surface area contributed by atoms with Crippen LogP contribution in [0.4, 0.5) is 4.79 Å². The number of alkyl carbamates (subject to hydrolysis) is 1. The van der Waals surface area contributed by atoms with Gasteiger partial charge >= 0.3 is 6.09 Å². The lowest BCUT2D eigenvalue weighted by Crippen LogP contribution is -2.26. The molecule has 2 rings (SSSR count). The number of carbonyl (C=O) groups is 1. The lowest BCUT2D eigenvalue weighted by Gasteiger charge is -2.06. The van der Waals surface area contributed by atoms with Crippen molar-refractivity contribution in [1.29, 1.82) is 0 Å². The van der Waals surface area contributed by atoms with Crippen molar-refractivity contribution >= 4 is 6.09 Å². The molecule has 0 aromatic heterocycles. The molecule has 0 radical (unpaired) electrons. The summed E-state index contributed by atoms with van der Waals surface area (Å²) in [6, 6.07) is 10.4. The van der Waals surface area contributed by atoms with E-state index in [9.17, 15) is 4.79 Å². The molecule has 1 aromatic carbocycles. The van der Waals surface area contributed by atoms with Crippen molar-refractivity contribution in [3.05, 3.63) is 35.9 Å². The Morgan fingerprint density at radius 2 is 2.14 bits per heavy atom. The smallest absolute Gasteiger partial charge is 0.407 e. The van der Waals surface area contributed by atoms with Crippen LogP contribution in [0.2, 0.25) is 0 Å². The summed E-state index contributed by atoms with van der Waals surface area (Å²) in [5.74, 6) is 0. The number of aryl methyl sites for hydroxylation is 1. The van der Waals surface area contributed by atoms with Gasteiger partial charge in [0, 0.05) is 0 Å². The number of hydrogen-bond donors (Lipinski definition) is 1. The summed E-state index contributed by atoms with van der Waals surface area (Å²) in [6.45, 7) is 0.506. The topological polar surface area (TPSA) is 38.3 Å². The fraction of sp³-hybridized carbons (Fsp3) is 0.364. The molecular weight excluding hydrogens is 178 g/mol. The molecule has 1 aliphatic heterocycles. The summed E-state index contributed by atoms with van der Waals surface area (Å²) in [4.78, 5) is 10.7. The average molecular weight is 191 g/mol. The van der Waals surface area contributed by atoms with Gasteiger partial charge in [0.2, 0.25) is 0 Å². The van der Waals surface area contributed by atoms with Crippen molar-refractivity contribution in [2.24, 2.45) is 0 Å². The van der Waals surface area contributed by atoms with Crippen LogP contribution in [0.15, 0.2) is 30.3 Å². The largest absolute Gasteiger partial charge is 0.447 e. The zero-order valence-electron chi connectivity index (χ0n) is 7.90. The summed E-state index contributed by atoms with van der Waals surface area (Å²) >= 11 is 0. The van der Waals surface area contributed by atoms with Crippen molar-refractivity contribution in [3.63, 3.8) is 0 Å². The van der Waals surface area contributed by atoms with E-state index >= 15 is 0 Å². The number of amides is 1. The molecule has 0 unspecified atom stereocenters. The summed E-state index contributed by atoms with van der Waals surface area (Å²) in [7, 11) is 0. The van der Waals surface area contributed by atoms with E-state index in [1.54, 1.807) is 0 Å². The highest BCUT2D eigenvalue weighted by molar-refractivity contribution is 5.69. The van der Waals surface area contributed by atoms with Gasteiger partial charge in [0.25, 0.3) is 0 Å². The molecule has 74 valence electrons. The Morgan fingerprint density at radius 3 is 2.79 bits per heavy atom. The van der Waals surface area contributed by atoms with Crippen LogP contribution >= 0.6 is 0 Å². The maximum absolute atomic E-state index is 10.7. The van der Waals surface area contributed by atoms with Crippen molar-refractivity contribution in [1.82, 2.24) is 5.32 Å². The lowest BCUT2D eigenvalue weighted by atomic mass is 10.1. The van der Waals surface area contributed by atoms with Gasteiger partial charge in [-0.1, -0.05) is 30.3 Å². The monoisotopic (exact) mass is 191 g/mol. The molecule has 0 aliphatic carbocycles. The van der Waals surface area contributed by atoms with Crippen LogP contribution in [0.25, 0.3) is 0 Å². The highest BCUT2D eigenvalue weighted by Gasteiger charge is 2.21. The first kappa shape index (κ1) is 9.06. The molecule has 1 N–H and O–H groups in total. The molecule has 0 bridgehead atoms. The third-order valence-corrected chi connectivity index (χ3v) is 2.36. The Balaban J connectivity index is 1.80. The molecule has 1 aromatic rings. The fourth-order valence-corrected chi connectivity index (χ4v) is 1.57. The van der Waals surface area contributed by atoms with E-state index in [0.29, 0.717) is 6.61 Å². The zero-order chi connectivity index (χ0) is 9.80. The summed E-state index contributed by atoms with van der Waals surface area (Å²) < 4.78 is 4.80. The second-order valence-corrected chi connectivity index (χ2v) is 3.46. The Kier molecular flexibility index (Phi) is 2.68. The number of rotatable bonds is 3. The Bertz CT molecular complexity index is 310. The molecule has 1 amide bonds. The van der Waals surface area contributed by atoms with Gasteiger partial charge in [-0.3, -0.25) is 0 Å². The van der Waals surface area contributed by atoms with Crippen molar-refractivity contribution < 1.29 is 9.53 Å². The molecule has 3 nitrogen and oxygen atoms in total. The summed E-state index contributed by atoms with van der Waals surface area (Å²) in [6.07, 6.45) is 1.63. The van der Waals surface area contributed by atoms with Crippen LogP contribution in [-0.4, -0.2) is 18.7 Å². The third kappa shape index (κ3) is 2.25. The van der Waals surface area contributed by atoms with Gasteiger partial charge in [0.05, 0.1) is 6.04 Å². The first-order valence-corrected chi connectivity index (χ1v) is 4.82. The van der Waals surface area contributed by atoms with E-state index in [0.717, 1.165) is 12.8 Å². The number of carbonyl (C=O) groups excluding carboxylic acids is 1. The Morgan fingerprint density at radius 1 is 1.36 bits per heavy atom. The molecule has 1 aliphatic rings. The maximum atomic E-state index is 10.7. The van der Waals surface area contributed by atoms with E-state index in [1.165, 1.54) is 5.56 Å². The van der Waals surface area contributed by atoms with Gasteiger partial charge in [0.15, 0.2) is 0 Å². The quantitative estimate of drug-likeness (QED) is 0.790. The minimum atomic E-state index is -0.289. The first-order valence-electron chi connectivity index (χ1n) is 4.82. The third-order valence-electron chi connectivity index (χ3n) is 2.36. The highest BCUT2D eigenvalue weighted by Crippen LogP contribution is 2.08. The van der Waals surface area contributed by atoms with E-state index < -0.39 is 0 Å². The molecular formula is C11H13NO2. The average Bonchev–Trinajstić information content (AvgIpc) is 2.63. The predicted octanol–water partition coefficient (Wildman–Crippen LogP) is 1.73. The Hall–Kier alpha value is -1.51. The molecule has 1 fully saturated rings. The summed E-state index contributed by atoms with van der Waals surface area (Å²) in [5.41, 5.74) is 1.30. The van der Waals surface area contributed by atoms with Crippen molar-refractivity contribution in [3.8, 4) is 0 Å². The molecule has 3 heteroatoms. The molecule has 1 heterocycles. The van der Waals surface area contributed by atoms with Gasteiger partial charge in [-0.05, 0) is 18.4 Å². The van der Waals surface area contributed by atoms with Crippen LogP contribution in [0.5, 0.6) is 0 Å². The van der Waals surface area contributed by atoms with Crippen LogP contribution in [0, 0.1) is 0 Å². The number of hydrogen-bond acceptors (Lipinski definition) is 2.